The van der Waals surface area contributed by atoms with Crippen LogP contribution >= 0.6 is 0 Å². The summed E-state index contributed by atoms with van der Waals surface area (Å²) < 4.78 is 0. The second-order valence-electron chi connectivity index (χ2n) is 8.55. The molecule has 0 bridgehead atoms. The van der Waals surface area contributed by atoms with E-state index in [2.05, 4.69) is 31.6 Å². The fourth-order valence-corrected chi connectivity index (χ4v) is 3.94. The summed E-state index contributed by atoms with van der Waals surface area (Å²) in [5.74, 6) is 0.789. The summed E-state index contributed by atoms with van der Waals surface area (Å²) >= 11 is 0. The number of hydrogen-bond donors (Lipinski definition) is 2. The van der Waals surface area contributed by atoms with Crippen LogP contribution in [0.25, 0.3) is 11.1 Å². The molecule has 1 amide bonds. The van der Waals surface area contributed by atoms with E-state index >= 15 is 0 Å². The first-order chi connectivity index (χ1) is 16.0. The number of aryl methyl sites for hydroxylation is 1. The summed E-state index contributed by atoms with van der Waals surface area (Å²) in [5, 5.41) is 16.1. The van der Waals surface area contributed by atoms with Gasteiger partial charge in [-0.15, -0.1) is 0 Å². The summed E-state index contributed by atoms with van der Waals surface area (Å²) in [6, 6.07) is 13.5. The van der Waals surface area contributed by atoms with E-state index in [0.717, 1.165) is 54.4 Å². The first-order valence-corrected chi connectivity index (χ1v) is 11.2. The van der Waals surface area contributed by atoms with Gasteiger partial charge < -0.3 is 15.5 Å². The molecule has 1 saturated heterocycles. The Balaban J connectivity index is 1.60. The molecule has 2 aromatic heterocycles. The lowest BCUT2D eigenvalue weighted by Crippen LogP contribution is -2.44. The molecular weight excluding hydrogens is 412 g/mol. The van der Waals surface area contributed by atoms with Gasteiger partial charge >= 0.3 is 0 Å². The van der Waals surface area contributed by atoms with Crippen molar-refractivity contribution in [2.24, 2.45) is 0 Å². The van der Waals surface area contributed by atoms with Gasteiger partial charge in [0.2, 0.25) is 0 Å². The molecule has 0 aliphatic carbocycles. The van der Waals surface area contributed by atoms with Gasteiger partial charge in [0.25, 0.3) is 5.91 Å². The normalized spacial score (nSPS) is 13.6. The molecule has 4 rings (SSSR count). The number of benzene rings is 1. The van der Waals surface area contributed by atoms with E-state index in [1.165, 1.54) is 0 Å². The van der Waals surface area contributed by atoms with Crippen molar-refractivity contribution in [1.82, 2.24) is 15.3 Å². The number of hydrogen-bond acceptors (Lipinski definition) is 6. The number of carbonyl (C=O) groups excluding carboxylic acids is 1. The van der Waals surface area contributed by atoms with E-state index in [9.17, 15) is 10.1 Å². The van der Waals surface area contributed by atoms with Crippen LogP contribution in [0.5, 0.6) is 0 Å². The first-order valence-electron chi connectivity index (χ1n) is 11.2. The van der Waals surface area contributed by atoms with Gasteiger partial charge in [0.05, 0.1) is 5.56 Å². The largest absolute Gasteiger partial charge is 0.353 e. The summed E-state index contributed by atoms with van der Waals surface area (Å²) in [6.07, 6.45) is 3.48. The Morgan fingerprint density at radius 3 is 2.67 bits per heavy atom. The molecule has 0 spiro atoms. The molecule has 7 heteroatoms. The van der Waals surface area contributed by atoms with Gasteiger partial charge in [0, 0.05) is 61.1 Å². The number of nitrogens with zero attached hydrogens (tertiary/aromatic N) is 4. The third-order valence-corrected chi connectivity index (χ3v) is 5.84. The van der Waals surface area contributed by atoms with Crippen molar-refractivity contribution in [2.75, 3.05) is 36.4 Å². The molecule has 1 aromatic carbocycles. The molecule has 0 saturated carbocycles. The number of piperazine rings is 1. The lowest BCUT2D eigenvalue weighted by atomic mass is 9.99. The number of anilines is 2. The van der Waals surface area contributed by atoms with Gasteiger partial charge in [-0.1, -0.05) is 19.9 Å². The third-order valence-electron chi connectivity index (χ3n) is 5.84. The molecule has 0 unspecified atom stereocenters. The van der Waals surface area contributed by atoms with Gasteiger partial charge in [-0.2, -0.15) is 5.26 Å². The molecule has 3 aromatic rings. The highest BCUT2D eigenvalue weighted by Crippen LogP contribution is 2.30. The predicted molar refractivity (Wildman–Crippen MR) is 130 cm³/mol. The quantitative estimate of drug-likeness (QED) is 0.620. The van der Waals surface area contributed by atoms with Crippen molar-refractivity contribution >= 4 is 17.4 Å². The Morgan fingerprint density at radius 1 is 1.15 bits per heavy atom. The Kier molecular flexibility index (Phi) is 6.66. The van der Waals surface area contributed by atoms with Crippen LogP contribution in [0.15, 0.2) is 48.8 Å². The van der Waals surface area contributed by atoms with E-state index in [4.69, 9.17) is 0 Å². The number of pyridine rings is 2. The molecule has 7 nitrogen and oxygen atoms in total. The van der Waals surface area contributed by atoms with Gasteiger partial charge in [0.15, 0.2) is 0 Å². The van der Waals surface area contributed by atoms with Crippen molar-refractivity contribution in [1.29, 1.82) is 5.26 Å². The zero-order valence-corrected chi connectivity index (χ0v) is 19.2. The molecule has 2 N–H and O–H groups in total. The van der Waals surface area contributed by atoms with Crippen LogP contribution in [-0.4, -0.2) is 42.1 Å². The molecule has 168 valence electrons. The van der Waals surface area contributed by atoms with E-state index < -0.39 is 0 Å². The maximum atomic E-state index is 12.8. The van der Waals surface area contributed by atoms with Crippen LogP contribution in [0.2, 0.25) is 0 Å². The van der Waals surface area contributed by atoms with Crippen molar-refractivity contribution in [2.45, 2.75) is 26.7 Å². The van der Waals surface area contributed by atoms with Crippen molar-refractivity contribution in [3.63, 3.8) is 0 Å². The Hall–Kier alpha value is -3.76. The van der Waals surface area contributed by atoms with E-state index in [-0.39, 0.29) is 11.8 Å². The zero-order valence-electron chi connectivity index (χ0n) is 19.2. The molecular formula is C26H28N6O. The van der Waals surface area contributed by atoms with Gasteiger partial charge in [-0.25, -0.2) is 4.98 Å². The van der Waals surface area contributed by atoms with Gasteiger partial charge in [-0.3, -0.25) is 9.78 Å². The number of aromatic nitrogens is 2. The minimum absolute atomic E-state index is 0.181. The predicted octanol–water partition coefficient (Wildman–Crippen LogP) is 4.11. The monoisotopic (exact) mass is 440 g/mol. The molecule has 0 atom stereocenters. The highest BCUT2D eigenvalue weighted by Gasteiger charge is 2.17. The SMILES string of the molecule is Cc1ccc(NC(=O)c2ccnc(C(C)C)c2)cc1-c1cnc(N2CCNCC2)c(C#N)c1. The van der Waals surface area contributed by atoms with Crippen LogP contribution in [0.3, 0.4) is 0 Å². The Labute approximate surface area is 194 Å². The minimum atomic E-state index is -0.181. The van der Waals surface area contributed by atoms with Crippen LogP contribution in [-0.2, 0) is 0 Å². The number of rotatable bonds is 5. The Bertz CT molecular complexity index is 1210. The summed E-state index contributed by atoms with van der Waals surface area (Å²) in [4.78, 5) is 23.9. The fraction of sp³-hybridized carbons (Fsp3) is 0.308. The third kappa shape index (κ3) is 5.02. The summed E-state index contributed by atoms with van der Waals surface area (Å²) in [7, 11) is 0. The average molecular weight is 441 g/mol. The number of nitrogens with one attached hydrogen (secondary N) is 2. The van der Waals surface area contributed by atoms with Crippen molar-refractivity contribution < 1.29 is 4.79 Å². The lowest BCUT2D eigenvalue weighted by Gasteiger charge is -2.29. The number of carbonyl (C=O) groups is 1. The molecule has 1 aliphatic rings. The molecule has 1 fully saturated rings. The standard InChI is InChI=1S/C26H28N6O/c1-17(2)24-13-19(6-7-29-24)26(33)31-22-5-4-18(3)23(14-22)21-12-20(15-27)25(30-16-21)32-10-8-28-9-11-32/h4-7,12-14,16-17,28H,8-11H2,1-3H3,(H,31,33). The van der Waals surface area contributed by atoms with Crippen LogP contribution in [0, 0.1) is 18.3 Å². The smallest absolute Gasteiger partial charge is 0.255 e. The van der Waals surface area contributed by atoms with E-state index in [0.29, 0.717) is 16.8 Å². The first kappa shape index (κ1) is 22.4. The molecule has 3 heterocycles. The molecule has 0 radical (unpaired) electrons. The van der Waals surface area contributed by atoms with Crippen LogP contribution in [0.4, 0.5) is 11.5 Å². The van der Waals surface area contributed by atoms with Crippen LogP contribution < -0.4 is 15.5 Å². The topological polar surface area (TPSA) is 93.9 Å². The average Bonchev–Trinajstić information content (AvgIpc) is 2.85. The zero-order chi connectivity index (χ0) is 23.4. The summed E-state index contributed by atoms with van der Waals surface area (Å²) in [5.41, 5.74) is 5.52. The molecule has 1 aliphatic heterocycles. The lowest BCUT2D eigenvalue weighted by molar-refractivity contribution is 0.102. The highest BCUT2D eigenvalue weighted by atomic mass is 16.1. The maximum Gasteiger partial charge on any atom is 0.255 e. The van der Waals surface area contributed by atoms with Gasteiger partial charge in [-0.05, 0) is 54.3 Å². The highest BCUT2D eigenvalue weighted by molar-refractivity contribution is 6.04. The second-order valence-corrected chi connectivity index (χ2v) is 8.55. The van der Waals surface area contributed by atoms with Gasteiger partial charge in [0.1, 0.15) is 11.9 Å². The van der Waals surface area contributed by atoms with E-state index in [1.54, 1.807) is 12.3 Å². The number of amides is 1. The fourth-order valence-electron chi connectivity index (χ4n) is 3.94. The number of nitriles is 1. The van der Waals surface area contributed by atoms with E-state index in [1.807, 2.05) is 57.3 Å². The second kappa shape index (κ2) is 9.80. The minimum Gasteiger partial charge on any atom is -0.353 e. The maximum absolute atomic E-state index is 12.8. The molecule has 33 heavy (non-hydrogen) atoms. The Morgan fingerprint density at radius 2 is 1.94 bits per heavy atom. The summed E-state index contributed by atoms with van der Waals surface area (Å²) in [6.45, 7) is 9.52. The van der Waals surface area contributed by atoms with Crippen LogP contribution in [0.1, 0.15) is 46.9 Å². The van der Waals surface area contributed by atoms with Crippen molar-refractivity contribution in [3.8, 4) is 17.2 Å². The van der Waals surface area contributed by atoms with Crippen molar-refractivity contribution in [3.05, 3.63) is 71.2 Å².